The van der Waals surface area contributed by atoms with Crippen molar-refractivity contribution in [3.8, 4) is 17.4 Å². The number of nitrogens with one attached hydrogen (secondary N) is 1. The smallest absolute Gasteiger partial charge is 0.417 e. The van der Waals surface area contributed by atoms with E-state index >= 15 is 0 Å². The molecule has 0 unspecified atom stereocenters. The second-order valence-electron chi connectivity index (χ2n) is 5.87. The third-order valence-electron chi connectivity index (χ3n) is 3.88. The van der Waals surface area contributed by atoms with Crippen LogP contribution in [-0.2, 0) is 11.0 Å². The van der Waals surface area contributed by atoms with Crippen LogP contribution < -0.4 is 5.32 Å². The van der Waals surface area contributed by atoms with E-state index in [2.05, 4.69) is 5.32 Å². The first-order valence-corrected chi connectivity index (χ1v) is 9.31. The summed E-state index contributed by atoms with van der Waals surface area (Å²) in [4.78, 5) is 12.1. The number of furan rings is 1. The highest BCUT2D eigenvalue weighted by Crippen LogP contribution is 2.37. The van der Waals surface area contributed by atoms with E-state index in [4.69, 9.17) is 9.68 Å². The quantitative estimate of drug-likeness (QED) is 0.343. The van der Waals surface area contributed by atoms with Gasteiger partial charge in [-0.2, -0.15) is 18.4 Å². The lowest BCUT2D eigenvalue weighted by Gasteiger charge is -2.10. The maximum Gasteiger partial charge on any atom is 0.417 e. The molecule has 4 nitrogen and oxygen atoms in total. The first kappa shape index (κ1) is 20.7. The average Bonchev–Trinajstić information content (AvgIpc) is 3.16. The van der Waals surface area contributed by atoms with Gasteiger partial charge in [-0.1, -0.05) is 18.2 Å². The van der Waals surface area contributed by atoms with E-state index in [1.165, 1.54) is 42.5 Å². The number of hydrogen-bond acceptors (Lipinski definition) is 3. The van der Waals surface area contributed by atoms with Crippen LogP contribution in [0.4, 0.5) is 18.9 Å². The van der Waals surface area contributed by atoms with Crippen LogP contribution in [0.25, 0.3) is 17.4 Å². The Balaban J connectivity index is 1.75. The molecule has 3 rings (SSSR count). The first-order chi connectivity index (χ1) is 13.8. The van der Waals surface area contributed by atoms with Gasteiger partial charge in [-0.25, -0.2) is 0 Å². The fraction of sp³-hybridized carbons (Fsp3) is 0.0476. The molecule has 8 heteroatoms. The number of amides is 1. The Labute approximate surface area is 177 Å². The number of anilines is 1. The Kier molecular flexibility index (Phi) is 6.08. The Bertz CT molecular complexity index is 1130. The van der Waals surface area contributed by atoms with Crippen LogP contribution in [0.2, 0.25) is 0 Å². The molecule has 2 aromatic carbocycles. The Hall–Kier alpha value is -3.06. The molecule has 0 atom stereocenters. The molecule has 1 heterocycles. The highest BCUT2D eigenvalue weighted by molar-refractivity contribution is 14.1. The van der Waals surface area contributed by atoms with Gasteiger partial charge in [0, 0.05) is 15.2 Å². The second-order valence-corrected chi connectivity index (χ2v) is 7.04. The summed E-state index contributed by atoms with van der Waals surface area (Å²) >= 11 is 2.00. The molecule has 0 aliphatic heterocycles. The van der Waals surface area contributed by atoms with Gasteiger partial charge in [0.25, 0.3) is 0 Å². The van der Waals surface area contributed by atoms with E-state index in [1.54, 1.807) is 18.2 Å². The third-order valence-corrected chi connectivity index (χ3v) is 4.77. The van der Waals surface area contributed by atoms with Crippen molar-refractivity contribution in [3.63, 3.8) is 0 Å². The summed E-state index contributed by atoms with van der Waals surface area (Å²) in [6, 6.07) is 14.9. The van der Waals surface area contributed by atoms with Gasteiger partial charge < -0.3 is 9.73 Å². The van der Waals surface area contributed by atoms with Gasteiger partial charge in [0.15, 0.2) is 0 Å². The maximum atomic E-state index is 13.2. The van der Waals surface area contributed by atoms with Crippen LogP contribution in [0, 0.1) is 14.9 Å². The lowest BCUT2D eigenvalue weighted by molar-refractivity contribution is -0.137. The molecule has 1 N–H and O–H groups in total. The number of alkyl halides is 3. The summed E-state index contributed by atoms with van der Waals surface area (Å²) in [6.07, 6.45) is -1.92. The molecular weight excluding hydrogens is 496 g/mol. The van der Waals surface area contributed by atoms with E-state index in [-0.39, 0.29) is 17.1 Å². The summed E-state index contributed by atoms with van der Waals surface area (Å²) in [5, 5.41) is 11.5. The number of hydrogen-bond donors (Lipinski definition) is 1. The zero-order valence-corrected chi connectivity index (χ0v) is 16.8. The van der Waals surface area contributed by atoms with Crippen molar-refractivity contribution in [2.45, 2.75) is 6.18 Å². The van der Waals surface area contributed by atoms with Crippen molar-refractivity contribution in [1.29, 1.82) is 5.26 Å². The summed E-state index contributed by atoms with van der Waals surface area (Å²) < 4.78 is 45.6. The molecule has 3 aromatic rings. The van der Waals surface area contributed by atoms with Crippen LogP contribution in [0.1, 0.15) is 16.9 Å². The number of nitriles is 1. The minimum Gasteiger partial charge on any atom is -0.457 e. The van der Waals surface area contributed by atoms with Gasteiger partial charge in [0.05, 0.1) is 22.9 Å². The Morgan fingerprint density at radius 1 is 1.14 bits per heavy atom. The molecule has 146 valence electrons. The summed E-state index contributed by atoms with van der Waals surface area (Å²) in [5.41, 5.74) is 0.151. The van der Waals surface area contributed by atoms with E-state index in [0.29, 0.717) is 14.8 Å². The van der Waals surface area contributed by atoms with Crippen LogP contribution >= 0.6 is 22.6 Å². The van der Waals surface area contributed by atoms with Crippen LogP contribution in [0.5, 0.6) is 0 Å². The molecule has 29 heavy (non-hydrogen) atoms. The van der Waals surface area contributed by atoms with Gasteiger partial charge in [0.1, 0.15) is 11.5 Å². The average molecular weight is 508 g/mol. The molecule has 0 radical (unpaired) electrons. The highest BCUT2D eigenvalue weighted by atomic mass is 127. The minimum atomic E-state index is -4.50. The van der Waals surface area contributed by atoms with Crippen molar-refractivity contribution >= 4 is 40.3 Å². The molecule has 0 bridgehead atoms. The van der Waals surface area contributed by atoms with Gasteiger partial charge in [-0.15, -0.1) is 0 Å². The monoisotopic (exact) mass is 508 g/mol. The van der Waals surface area contributed by atoms with Gasteiger partial charge in [-0.3, -0.25) is 4.79 Å². The molecule has 1 aromatic heterocycles. The Morgan fingerprint density at radius 2 is 1.90 bits per heavy atom. The van der Waals surface area contributed by atoms with Crippen LogP contribution in [-0.4, -0.2) is 5.91 Å². The number of carbonyl (C=O) groups is 1. The standard InChI is InChI=1S/C21H12F3IN2O2/c22-21(23,24)16-4-2-1-3-15(16)19-9-6-14(29-19)7-10-20(28)27-18-8-5-13(12-26)11-17(18)25/h1-11H,(H,27,28)/b10-7+. The van der Waals surface area contributed by atoms with E-state index < -0.39 is 17.6 Å². The molecular formula is C21H12F3IN2O2. The molecule has 0 saturated heterocycles. The zero-order chi connectivity index (χ0) is 21.0. The van der Waals surface area contributed by atoms with Crippen LogP contribution in [0.3, 0.4) is 0 Å². The molecule has 0 spiro atoms. The predicted molar refractivity (Wildman–Crippen MR) is 111 cm³/mol. The first-order valence-electron chi connectivity index (χ1n) is 8.23. The van der Waals surface area contributed by atoms with Crippen molar-refractivity contribution in [3.05, 3.63) is 81.1 Å². The van der Waals surface area contributed by atoms with E-state index in [9.17, 15) is 18.0 Å². The topological polar surface area (TPSA) is 66.0 Å². The van der Waals surface area contributed by atoms with E-state index in [0.717, 1.165) is 6.07 Å². The molecule has 1 amide bonds. The zero-order valence-electron chi connectivity index (χ0n) is 14.6. The number of rotatable bonds is 4. The largest absolute Gasteiger partial charge is 0.457 e. The minimum absolute atomic E-state index is 0.0552. The van der Waals surface area contributed by atoms with Crippen molar-refractivity contribution in [1.82, 2.24) is 0 Å². The fourth-order valence-electron chi connectivity index (χ4n) is 2.55. The SMILES string of the molecule is N#Cc1ccc(NC(=O)/C=C/c2ccc(-c3ccccc3C(F)(F)F)o2)c(I)c1. The summed E-state index contributed by atoms with van der Waals surface area (Å²) in [7, 11) is 0. The highest BCUT2D eigenvalue weighted by Gasteiger charge is 2.34. The maximum absolute atomic E-state index is 13.2. The van der Waals surface area contributed by atoms with Crippen molar-refractivity contribution in [2.75, 3.05) is 5.32 Å². The third kappa shape index (κ3) is 5.06. The van der Waals surface area contributed by atoms with Gasteiger partial charge >= 0.3 is 6.18 Å². The van der Waals surface area contributed by atoms with E-state index in [1.807, 2.05) is 28.7 Å². The molecule has 0 aliphatic rings. The second kappa shape index (κ2) is 8.53. The Morgan fingerprint density at radius 3 is 2.59 bits per heavy atom. The summed E-state index contributed by atoms with van der Waals surface area (Å²) in [6.45, 7) is 0. The fourth-order valence-corrected chi connectivity index (χ4v) is 3.20. The van der Waals surface area contributed by atoms with Crippen molar-refractivity contribution in [2.24, 2.45) is 0 Å². The normalized spacial score (nSPS) is 11.4. The van der Waals surface area contributed by atoms with Gasteiger partial charge in [0.2, 0.25) is 5.91 Å². The lowest BCUT2D eigenvalue weighted by atomic mass is 10.1. The van der Waals surface area contributed by atoms with Crippen molar-refractivity contribution < 1.29 is 22.4 Å². The molecule has 0 aliphatic carbocycles. The predicted octanol–water partition coefficient (Wildman–Crippen LogP) is 6.09. The molecule has 0 saturated carbocycles. The number of carbonyl (C=O) groups excluding carboxylic acids is 1. The number of nitrogens with zero attached hydrogens (tertiary/aromatic N) is 1. The molecule has 0 fully saturated rings. The van der Waals surface area contributed by atoms with Gasteiger partial charge in [-0.05, 0) is 65.1 Å². The summed E-state index contributed by atoms with van der Waals surface area (Å²) in [5.74, 6) is -0.150. The lowest BCUT2D eigenvalue weighted by Crippen LogP contribution is -2.09. The van der Waals surface area contributed by atoms with Crippen LogP contribution in [0.15, 0.2) is 65.1 Å². The number of benzene rings is 2. The number of halogens is 4.